The topological polar surface area (TPSA) is 41.6 Å². The predicted octanol–water partition coefficient (Wildman–Crippen LogP) is 5.16. The lowest BCUT2D eigenvalue weighted by molar-refractivity contribution is 0.0493. The minimum absolute atomic E-state index is 0.00891. The highest BCUT2D eigenvalue weighted by molar-refractivity contribution is 5.69. The first-order chi connectivity index (χ1) is 13.8. The summed E-state index contributed by atoms with van der Waals surface area (Å²) in [6, 6.07) is 19.9. The second-order valence-corrected chi connectivity index (χ2v) is 7.55. The molecule has 0 saturated carbocycles. The fraction of sp³-hybridized carbons (Fsp3) is 0.458. The van der Waals surface area contributed by atoms with E-state index in [9.17, 15) is 4.79 Å². The molecule has 1 amide bonds. The highest BCUT2D eigenvalue weighted by Crippen LogP contribution is 2.22. The second kappa shape index (κ2) is 10.9. The molecule has 0 unspecified atom stereocenters. The van der Waals surface area contributed by atoms with Crippen molar-refractivity contribution in [1.29, 1.82) is 0 Å². The molecule has 0 radical (unpaired) electrons. The fourth-order valence-electron chi connectivity index (χ4n) is 3.79. The molecular weight excluding hydrogens is 348 g/mol. The number of benzene rings is 2. The number of likely N-dealkylation sites (tertiary alicyclic amines) is 1. The molecule has 28 heavy (non-hydrogen) atoms. The molecule has 0 spiro atoms. The summed E-state index contributed by atoms with van der Waals surface area (Å²) >= 11 is 0. The Bertz CT molecular complexity index is 658. The zero-order valence-corrected chi connectivity index (χ0v) is 16.8. The average molecular weight is 381 g/mol. The van der Waals surface area contributed by atoms with E-state index in [0.29, 0.717) is 0 Å². The van der Waals surface area contributed by atoms with Crippen LogP contribution in [0.3, 0.4) is 0 Å². The summed E-state index contributed by atoms with van der Waals surface area (Å²) in [5.74, 6) is 0. The van der Waals surface area contributed by atoms with Crippen molar-refractivity contribution in [2.45, 2.75) is 51.2 Å². The van der Waals surface area contributed by atoms with Crippen LogP contribution in [0.5, 0.6) is 0 Å². The van der Waals surface area contributed by atoms with Gasteiger partial charge in [-0.25, -0.2) is 4.79 Å². The highest BCUT2D eigenvalue weighted by atomic mass is 16.6. The smallest absolute Gasteiger partial charge is 0.408 e. The van der Waals surface area contributed by atoms with E-state index in [0.717, 1.165) is 43.6 Å². The molecule has 1 fully saturated rings. The van der Waals surface area contributed by atoms with Gasteiger partial charge < -0.3 is 15.0 Å². The molecule has 0 bridgehead atoms. The van der Waals surface area contributed by atoms with Gasteiger partial charge >= 0.3 is 6.09 Å². The van der Waals surface area contributed by atoms with Crippen LogP contribution in [0.25, 0.3) is 0 Å². The van der Waals surface area contributed by atoms with Crippen molar-refractivity contribution >= 4 is 6.09 Å². The Hall–Kier alpha value is -2.33. The van der Waals surface area contributed by atoms with Crippen molar-refractivity contribution < 1.29 is 9.53 Å². The number of hydrogen-bond donors (Lipinski definition) is 1. The van der Waals surface area contributed by atoms with Gasteiger partial charge in [-0.3, -0.25) is 0 Å². The van der Waals surface area contributed by atoms with E-state index in [1.54, 1.807) is 0 Å². The number of amides is 1. The van der Waals surface area contributed by atoms with E-state index in [-0.39, 0.29) is 18.2 Å². The number of nitrogens with zero attached hydrogens (tertiary/aromatic N) is 1. The Morgan fingerprint density at radius 3 is 2.11 bits per heavy atom. The molecule has 2 aromatic carbocycles. The number of hydrogen-bond acceptors (Lipinski definition) is 3. The van der Waals surface area contributed by atoms with E-state index < -0.39 is 0 Å². The molecule has 4 nitrogen and oxygen atoms in total. The van der Waals surface area contributed by atoms with Crippen LogP contribution < -0.4 is 5.32 Å². The number of nitrogens with one attached hydrogen (secondary N) is 1. The number of piperidine rings is 1. The summed E-state index contributed by atoms with van der Waals surface area (Å²) < 4.78 is 5.76. The molecule has 3 rings (SSSR count). The Balaban J connectivity index is 1.54. The third-order valence-corrected chi connectivity index (χ3v) is 5.41. The van der Waals surface area contributed by atoms with Crippen LogP contribution >= 0.6 is 0 Å². The molecule has 0 atom stereocenters. The van der Waals surface area contributed by atoms with Crippen LogP contribution in [0.15, 0.2) is 60.7 Å². The molecule has 1 N–H and O–H groups in total. The number of unbranched alkanes of at least 4 members (excludes halogenated alkanes) is 2. The number of ether oxygens (including phenoxy) is 1. The van der Waals surface area contributed by atoms with Gasteiger partial charge in [0.2, 0.25) is 0 Å². The number of alkyl carbamates (subject to hydrolysis) is 1. The quantitative estimate of drug-likeness (QED) is 0.644. The van der Waals surface area contributed by atoms with Gasteiger partial charge in [-0.15, -0.1) is 0 Å². The van der Waals surface area contributed by atoms with Crippen LogP contribution in [0, 0.1) is 0 Å². The van der Waals surface area contributed by atoms with Crippen LogP contribution in [-0.2, 0) is 4.74 Å². The van der Waals surface area contributed by atoms with Crippen molar-refractivity contribution in [3.63, 3.8) is 0 Å². The van der Waals surface area contributed by atoms with Gasteiger partial charge in [0.15, 0.2) is 0 Å². The largest absolute Gasteiger partial charge is 0.446 e. The standard InChI is InChI=1S/C24H32N2O2/c1-2-3-10-17-26-18-15-22(16-19-26)28-24(27)25-23(20-11-6-4-7-12-20)21-13-8-5-9-14-21/h4-9,11-14,22-23H,2-3,10,15-19H2,1H3,(H,25,27). The monoisotopic (exact) mass is 380 g/mol. The number of carbonyl (C=O) groups excluding carboxylic acids is 1. The number of carbonyl (C=O) groups is 1. The van der Waals surface area contributed by atoms with Crippen molar-refractivity contribution in [2.75, 3.05) is 19.6 Å². The summed E-state index contributed by atoms with van der Waals surface area (Å²) in [6.45, 7) is 5.43. The van der Waals surface area contributed by atoms with E-state index in [1.165, 1.54) is 19.3 Å². The van der Waals surface area contributed by atoms with Crippen LogP contribution in [0.4, 0.5) is 4.79 Å². The molecule has 0 aliphatic carbocycles. The van der Waals surface area contributed by atoms with Gasteiger partial charge in [0, 0.05) is 13.1 Å². The number of rotatable bonds is 8. The molecule has 150 valence electrons. The zero-order chi connectivity index (χ0) is 19.6. The SMILES string of the molecule is CCCCCN1CCC(OC(=O)NC(c2ccccc2)c2ccccc2)CC1. The average Bonchev–Trinajstić information content (AvgIpc) is 2.75. The van der Waals surface area contributed by atoms with Gasteiger partial charge in [-0.1, -0.05) is 80.4 Å². The second-order valence-electron chi connectivity index (χ2n) is 7.55. The predicted molar refractivity (Wildman–Crippen MR) is 113 cm³/mol. The van der Waals surface area contributed by atoms with Crippen molar-refractivity contribution in [1.82, 2.24) is 10.2 Å². The van der Waals surface area contributed by atoms with Crippen LogP contribution in [0.1, 0.15) is 56.2 Å². The molecule has 0 aromatic heterocycles. The normalized spacial score (nSPS) is 15.5. The summed E-state index contributed by atoms with van der Waals surface area (Å²) in [4.78, 5) is 15.1. The first kappa shape index (κ1) is 20.4. The Kier molecular flexibility index (Phi) is 7.92. The molecule has 1 heterocycles. The first-order valence-electron chi connectivity index (χ1n) is 10.6. The molecule has 4 heteroatoms. The van der Waals surface area contributed by atoms with Gasteiger partial charge in [-0.05, 0) is 36.9 Å². The van der Waals surface area contributed by atoms with Gasteiger partial charge in [-0.2, -0.15) is 0 Å². The summed E-state index contributed by atoms with van der Waals surface area (Å²) in [6.07, 6.45) is 5.32. The minimum Gasteiger partial charge on any atom is -0.446 e. The maximum Gasteiger partial charge on any atom is 0.408 e. The molecule has 1 saturated heterocycles. The lowest BCUT2D eigenvalue weighted by atomic mass is 9.99. The van der Waals surface area contributed by atoms with Gasteiger partial charge in [0.1, 0.15) is 6.10 Å². The third kappa shape index (κ3) is 6.10. The molecule has 2 aromatic rings. The fourth-order valence-corrected chi connectivity index (χ4v) is 3.79. The molecule has 1 aliphatic rings. The molecular formula is C24H32N2O2. The maximum atomic E-state index is 12.6. The summed E-state index contributed by atoms with van der Waals surface area (Å²) in [5.41, 5.74) is 2.10. The summed E-state index contributed by atoms with van der Waals surface area (Å²) in [5, 5.41) is 3.08. The van der Waals surface area contributed by atoms with Crippen molar-refractivity contribution in [2.24, 2.45) is 0 Å². The van der Waals surface area contributed by atoms with Crippen LogP contribution in [-0.4, -0.2) is 36.7 Å². The Morgan fingerprint density at radius 2 is 1.57 bits per heavy atom. The maximum absolute atomic E-state index is 12.6. The lowest BCUT2D eigenvalue weighted by Crippen LogP contribution is -2.40. The van der Waals surface area contributed by atoms with E-state index in [1.807, 2.05) is 60.7 Å². The Morgan fingerprint density at radius 1 is 1.00 bits per heavy atom. The zero-order valence-electron chi connectivity index (χ0n) is 16.8. The Labute approximate surface area is 168 Å². The van der Waals surface area contributed by atoms with Crippen molar-refractivity contribution in [3.05, 3.63) is 71.8 Å². The van der Waals surface area contributed by atoms with Crippen molar-refractivity contribution in [3.8, 4) is 0 Å². The molecule has 1 aliphatic heterocycles. The van der Waals surface area contributed by atoms with E-state index in [4.69, 9.17) is 4.74 Å². The minimum atomic E-state index is -0.331. The summed E-state index contributed by atoms with van der Waals surface area (Å²) in [7, 11) is 0. The first-order valence-corrected chi connectivity index (χ1v) is 10.6. The third-order valence-electron chi connectivity index (χ3n) is 5.41. The van der Waals surface area contributed by atoms with Crippen LogP contribution in [0.2, 0.25) is 0 Å². The van der Waals surface area contributed by atoms with Gasteiger partial charge in [0.05, 0.1) is 6.04 Å². The highest BCUT2D eigenvalue weighted by Gasteiger charge is 2.24. The van der Waals surface area contributed by atoms with Gasteiger partial charge in [0.25, 0.3) is 0 Å². The van der Waals surface area contributed by atoms with E-state index >= 15 is 0 Å². The lowest BCUT2D eigenvalue weighted by Gasteiger charge is -2.32. The van der Waals surface area contributed by atoms with E-state index in [2.05, 4.69) is 17.1 Å².